The van der Waals surface area contributed by atoms with Crippen molar-refractivity contribution in [2.24, 2.45) is 5.11 Å². The Hall–Kier alpha value is -4.17. The molecule has 2 aromatic rings. The average molecular weight is 444 g/mol. The third kappa shape index (κ3) is 2.84. The summed E-state index contributed by atoms with van der Waals surface area (Å²) in [5.41, 5.74) is 10.6. The molecule has 2 aromatic carbocycles. The molecule has 0 saturated carbocycles. The zero-order chi connectivity index (χ0) is 23.4. The molecule has 3 aliphatic heterocycles. The van der Waals surface area contributed by atoms with Crippen LogP contribution in [0.25, 0.3) is 10.4 Å². The number of piperazine rings is 1. The highest BCUT2D eigenvalue weighted by molar-refractivity contribution is 6.14. The molecule has 10 heteroatoms. The molecule has 2 fully saturated rings. The van der Waals surface area contributed by atoms with Crippen LogP contribution in [0.15, 0.2) is 53.6 Å². The molecule has 3 heterocycles. The number of anilines is 1. The first-order chi connectivity index (χ1) is 15.9. The molecule has 0 radical (unpaired) electrons. The molecule has 3 aliphatic rings. The van der Waals surface area contributed by atoms with Gasteiger partial charge in [-0.25, -0.2) is 0 Å². The van der Waals surface area contributed by atoms with Crippen molar-refractivity contribution < 1.29 is 19.2 Å². The topological polar surface area (TPSA) is 127 Å². The Morgan fingerprint density at radius 3 is 2.45 bits per heavy atom. The summed E-state index contributed by atoms with van der Waals surface area (Å²) in [6.45, 7) is 2.94. The van der Waals surface area contributed by atoms with Crippen LogP contribution in [0, 0.1) is 0 Å². The molecule has 33 heavy (non-hydrogen) atoms. The van der Waals surface area contributed by atoms with Crippen LogP contribution in [0.1, 0.15) is 42.1 Å². The van der Waals surface area contributed by atoms with E-state index < -0.39 is 36.0 Å². The highest BCUT2D eigenvalue weighted by Crippen LogP contribution is 2.51. The second-order valence-electron chi connectivity index (χ2n) is 8.36. The van der Waals surface area contributed by atoms with E-state index in [0.29, 0.717) is 6.42 Å². The molecule has 0 aromatic heterocycles. The summed E-state index contributed by atoms with van der Waals surface area (Å²) in [7, 11) is 0. The molecule has 0 aliphatic carbocycles. The van der Waals surface area contributed by atoms with Crippen molar-refractivity contribution in [1.82, 2.24) is 9.80 Å². The fourth-order valence-corrected chi connectivity index (χ4v) is 5.34. The Bertz CT molecular complexity index is 1270. The number of benzene rings is 2. The van der Waals surface area contributed by atoms with E-state index in [1.807, 2.05) is 24.3 Å². The summed E-state index contributed by atoms with van der Waals surface area (Å²) in [6.07, 6.45) is -0.290. The lowest BCUT2D eigenvalue weighted by Gasteiger charge is -2.43. The van der Waals surface area contributed by atoms with E-state index in [-0.39, 0.29) is 23.1 Å². The first-order valence-electron chi connectivity index (χ1n) is 10.6. The van der Waals surface area contributed by atoms with Gasteiger partial charge in [-0.15, -0.1) is 0 Å². The maximum absolute atomic E-state index is 13.6. The molecule has 0 bridgehead atoms. The van der Waals surface area contributed by atoms with Crippen molar-refractivity contribution in [3.63, 3.8) is 0 Å². The van der Waals surface area contributed by atoms with E-state index in [0.717, 1.165) is 16.2 Å². The van der Waals surface area contributed by atoms with Gasteiger partial charge in [0, 0.05) is 29.0 Å². The van der Waals surface area contributed by atoms with Gasteiger partial charge in [0.1, 0.15) is 18.2 Å². The Kier molecular flexibility index (Phi) is 4.68. The van der Waals surface area contributed by atoms with Gasteiger partial charge >= 0.3 is 0 Å². The molecule has 5 rings (SSSR count). The Labute approximate surface area is 189 Å². The lowest BCUT2D eigenvalue weighted by atomic mass is 9.95. The van der Waals surface area contributed by atoms with Crippen LogP contribution in [-0.2, 0) is 14.4 Å². The standard InChI is InChI=1S/C23H20N6O4/c1-12-21(31)29-19(11-16-14-7-4-6-10-18(14)28(13(2)30)20(16)29)23(33)27(12)22(32)15-8-3-5-9-17(15)25-26-24/h3-10,12,16,19-20H,11H2,1-2H3/t12-,16-,19-,20-/m0/s1. The fourth-order valence-electron chi connectivity index (χ4n) is 5.34. The highest BCUT2D eigenvalue weighted by atomic mass is 16.2. The summed E-state index contributed by atoms with van der Waals surface area (Å²) in [5, 5.41) is 3.54. The van der Waals surface area contributed by atoms with Crippen LogP contribution in [0.5, 0.6) is 0 Å². The number of fused-ring (bicyclic) bond motifs is 5. The Morgan fingerprint density at radius 1 is 1.03 bits per heavy atom. The minimum absolute atomic E-state index is 0.0469. The summed E-state index contributed by atoms with van der Waals surface area (Å²) in [4.78, 5) is 59.8. The normalized spacial score (nSPS) is 25.3. The molecule has 0 unspecified atom stereocenters. The average Bonchev–Trinajstić information content (AvgIpc) is 3.33. The first-order valence-corrected chi connectivity index (χ1v) is 10.6. The Balaban J connectivity index is 1.55. The molecule has 10 nitrogen and oxygen atoms in total. The molecule has 4 amide bonds. The van der Waals surface area contributed by atoms with Crippen LogP contribution in [0.3, 0.4) is 0 Å². The molecule has 4 atom stereocenters. The van der Waals surface area contributed by atoms with Crippen LogP contribution >= 0.6 is 0 Å². The minimum Gasteiger partial charge on any atom is -0.307 e. The van der Waals surface area contributed by atoms with Crippen LogP contribution in [0.2, 0.25) is 0 Å². The number of azide groups is 1. The monoisotopic (exact) mass is 444 g/mol. The van der Waals surface area contributed by atoms with Gasteiger partial charge in [0.05, 0.1) is 5.69 Å². The maximum Gasteiger partial charge on any atom is 0.261 e. The number of rotatable bonds is 2. The molecular weight excluding hydrogens is 424 g/mol. The van der Waals surface area contributed by atoms with Crippen molar-refractivity contribution in [1.29, 1.82) is 0 Å². The number of hydrogen-bond donors (Lipinski definition) is 0. The van der Waals surface area contributed by atoms with Gasteiger partial charge < -0.3 is 4.90 Å². The number of para-hydroxylation sites is 1. The van der Waals surface area contributed by atoms with Gasteiger partial charge in [-0.2, -0.15) is 0 Å². The van der Waals surface area contributed by atoms with Gasteiger partial charge in [0.2, 0.25) is 11.8 Å². The van der Waals surface area contributed by atoms with Crippen molar-refractivity contribution >= 4 is 35.0 Å². The molecular formula is C23H20N6O4. The third-order valence-electron chi connectivity index (χ3n) is 6.68. The molecule has 166 valence electrons. The quantitative estimate of drug-likeness (QED) is 0.305. The number of hydrogen-bond acceptors (Lipinski definition) is 5. The largest absolute Gasteiger partial charge is 0.307 e. The van der Waals surface area contributed by atoms with E-state index in [2.05, 4.69) is 10.0 Å². The van der Waals surface area contributed by atoms with E-state index in [1.165, 1.54) is 30.9 Å². The van der Waals surface area contributed by atoms with Crippen molar-refractivity contribution in [3.8, 4) is 0 Å². The molecule has 2 saturated heterocycles. The Morgan fingerprint density at radius 2 is 1.73 bits per heavy atom. The van der Waals surface area contributed by atoms with Crippen molar-refractivity contribution in [3.05, 3.63) is 70.1 Å². The second kappa shape index (κ2) is 7.46. The van der Waals surface area contributed by atoms with Crippen molar-refractivity contribution in [2.45, 2.75) is 44.4 Å². The zero-order valence-electron chi connectivity index (χ0n) is 18.0. The number of carbonyl (C=O) groups excluding carboxylic acids is 4. The van der Waals surface area contributed by atoms with Crippen LogP contribution < -0.4 is 4.90 Å². The minimum atomic E-state index is -1.07. The highest BCUT2D eigenvalue weighted by Gasteiger charge is 2.60. The van der Waals surface area contributed by atoms with Gasteiger partial charge in [0.25, 0.3) is 11.8 Å². The van der Waals surface area contributed by atoms with Gasteiger partial charge in [0.15, 0.2) is 0 Å². The number of nitrogens with zero attached hydrogens (tertiary/aromatic N) is 6. The van der Waals surface area contributed by atoms with Gasteiger partial charge in [-0.3, -0.25) is 29.0 Å². The number of carbonyl (C=O) groups is 4. The van der Waals surface area contributed by atoms with E-state index in [4.69, 9.17) is 5.53 Å². The fraction of sp³-hybridized carbons (Fsp3) is 0.304. The summed E-state index contributed by atoms with van der Waals surface area (Å²) >= 11 is 0. The van der Waals surface area contributed by atoms with Crippen molar-refractivity contribution in [2.75, 3.05) is 4.90 Å². The van der Waals surface area contributed by atoms with E-state index in [1.54, 1.807) is 17.0 Å². The summed E-state index contributed by atoms with van der Waals surface area (Å²) < 4.78 is 0. The summed E-state index contributed by atoms with van der Waals surface area (Å²) in [5.74, 6) is -2.03. The molecule has 0 spiro atoms. The van der Waals surface area contributed by atoms with E-state index in [9.17, 15) is 19.2 Å². The van der Waals surface area contributed by atoms with E-state index >= 15 is 0 Å². The predicted molar refractivity (Wildman–Crippen MR) is 117 cm³/mol. The van der Waals surface area contributed by atoms with Crippen LogP contribution in [0.4, 0.5) is 11.4 Å². The SMILES string of the molecule is CC(=O)N1c2ccccc2[C@@H]2C[C@H]3C(=O)N(C(=O)c4ccccc4N=[N+]=[N-])[C@@H](C)C(=O)N3[C@@H]21. The third-order valence-corrected chi connectivity index (χ3v) is 6.68. The number of imide groups is 1. The predicted octanol–water partition coefficient (Wildman–Crippen LogP) is 3.08. The lowest BCUT2D eigenvalue weighted by Crippen LogP contribution is -2.66. The van der Waals surface area contributed by atoms with Gasteiger partial charge in [-0.05, 0) is 36.6 Å². The lowest BCUT2D eigenvalue weighted by molar-refractivity contribution is -0.157. The summed E-state index contributed by atoms with van der Waals surface area (Å²) in [6, 6.07) is 11.7. The maximum atomic E-state index is 13.6. The van der Waals surface area contributed by atoms with Crippen LogP contribution in [-0.4, -0.2) is 51.7 Å². The second-order valence-corrected chi connectivity index (χ2v) is 8.36. The zero-order valence-corrected chi connectivity index (χ0v) is 18.0. The smallest absolute Gasteiger partial charge is 0.261 e. The first kappa shape index (κ1) is 20.7. The molecule has 0 N–H and O–H groups in total. The number of amides is 4. The van der Waals surface area contributed by atoms with Gasteiger partial charge in [-0.1, -0.05) is 41.5 Å².